The minimum Gasteiger partial charge on any atom is -0.482 e. The summed E-state index contributed by atoms with van der Waals surface area (Å²) in [7, 11) is -3.82. The molecule has 0 saturated carbocycles. The number of nitrogens with one attached hydrogen (secondary N) is 1. The second-order valence-electron chi connectivity index (χ2n) is 5.95. The van der Waals surface area contributed by atoms with Crippen molar-refractivity contribution in [3.63, 3.8) is 0 Å². The highest BCUT2D eigenvalue weighted by atomic mass is 79.9. The molecule has 28 heavy (non-hydrogen) atoms. The molecule has 0 radical (unpaired) electrons. The molecule has 1 fully saturated rings. The van der Waals surface area contributed by atoms with Crippen molar-refractivity contribution in [3.8, 4) is 5.75 Å². The Kier molecular flexibility index (Phi) is 6.95. The topological polar surface area (TPSA) is 84.9 Å². The van der Waals surface area contributed by atoms with Crippen LogP contribution in [0.4, 0.5) is 5.69 Å². The van der Waals surface area contributed by atoms with Gasteiger partial charge in [0.2, 0.25) is 10.0 Å². The van der Waals surface area contributed by atoms with E-state index in [9.17, 15) is 13.2 Å². The van der Waals surface area contributed by atoms with E-state index in [1.807, 2.05) is 0 Å². The molecule has 2 aromatic rings. The molecule has 0 aliphatic carbocycles. The van der Waals surface area contributed by atoms with Gasteiger partial charge in [-0.2, -0.15) is 4.31 Å². The summed E-state index contributed by atoms with van der Waals surface area (Å²) in [5, 5.41) is 2.95. The molecule has 1 saturated heterocycles. The molecule has 0 spiro atoms. The third-order valence-corrected chi connectivity index (χ3v) is 6.66. The predicted molar refractivity (Wildman–Crippen MR) is 109 cm³/mol. The summed E-state index contributed by atoms with van der Waals surface area (Å²) in [5.41, 5.74) is 0.606. The van der Waals surface area contributed by atoms with Crippen LogP contribution in [0.5, 0.6) is 5.75 Å². The third kappa shape index (κ3) is 5.24. The summed E-state index contributed by atoms with van der Waals surface area (Å²) in [6.07, 6.45) is 0. The van der Waals surface area contributed by atoms with Crippen molar-refractivity contribution in [2.75, 3.05) is 38.2 Å². The Morgan fingerprint density at radius 3 is 2.54 bits per heavy atom. The molecule has 0 bridgehead atoms. The minimum absolute atomic E-state index is 0.0710. The van der Waals surface area contributed by atoms with Crippen LogP contribution < -0.4 is 10.1 Å². The van der Waals surface area contributed by atoms with Gasteiger partial charge in [-0.05, 0) is 42.5 Å². The maximum absolute atomic E-state index is 13.0. The normalized spacial score (nSPS) is 15.2. The van der Waals surface area contributed by atoms with Crippen LogP contribution >= 0.6 is 27.5 Å². The number of anilines is 1. The first-order valence-corrected chi connectivity index (χ1v) is 11.0. The lowest BCUT2D eigenvalue weighted by Crippen LogP contribution is -2.40. The van der Waals surface area contributed by atoms with Gasteiger partial charge >= 0.3 is 0 Å². The number of rotatable bonds is 6. The highest BCUT2D eigenvalue weighted by Crippen LogP contribution is 2.30. The lowest BCUT2D eigenvalue weighted by Gasteiger charge is -2.26. The molecule has 1 aliphatic rings. The summed E-state index contributed by atoms with van der Waals surface area (Å²) in [5.74, 6) is -0.339. The highest BCUT2D eigenvalue weighted by molar-refractivity contribution is 9.10. The molecule has 10 heteroatoms. The van der Waals surface area contributed by atoms with Gasteiger partial charge in [0.05, 0.1) is 13.2 Å². The van der Waals surface area contributed by atoms with E-state index in [0.29, 0.717) is 18.9 Å². The van der Waals surface area contributed by atoms with Gasteiger partial charge in [-0.25, -0.2) is 8.42 Å². The van der Waals surface area contributed by atoms with Crippen molar-refractivity contribution < 1.29 is 22.7 Å². The van der Waals surface area contributed by atoms with Gasteiger partial charge in [0.1, 0.15) is 10.6 Å². The first-order valence-electron chi connectivity index (χ1n) is 8.42. The molecule has 150 valence electrons. The Labute approximate surface area is 176 Å². The highest BCUT2D eigenvalue weighted by Gasteiger charge is 2.29. The van der Waals surface area contributed by atoms with Crippen LogP contribution in [0.3, 0.4) is 0 Å². The van der Waals surface area contributed by atoms with Crippen LogP contribution in [0.2, 0.25) is 5.02 Å². The fraction of sp³-hybridized carbons (Fsp3) is 0.278. The number of carbonyl (C=O) groups excluding carboxylic acids is 1. The molecule has 1 amide bonds. The second-order valence-corrected chi connectivity index (χ2v) is 9.21. The largest absolute Gasteiger partial charge is 0.482 e. The number of sulfonamides is 1. The molecule has 3 rings (SSSR count). The maximum atomic E-state index is 13.0. The summed E-state index contributed by atoms with van der Waals surface area (Å²) in [6, 6.07) is 11.3. The molecule has 1 aliphatic heterocycles. The molecule has 7 nitrogen and oxygen atoms in total. The van der Waals surface area contributed by atoms with E-state index in [1.165, 1.54) is 22.5 Å². The first kappa shape index (κ1) is 21.1. The lowest BCUT2D eigenvalue weighted by atomic mass is 10.3. The monoisotopic (exact) mass is 488 g/mol. The van der Waals surface area contributed by atoms with Gasteiger partial charge in [-0.3, -0.25) is 4.79 Å². The Morgan fingerprint density at radius 1 is 1.18 bits per heavy atom. The van der Waals surface area contributed by atoms with E-state index in [2.05, 4.69) is 21.2 Å². The number of carbonyl (C=O) groups is 1. The summed E-state index contributed by atoms with van der Waals surface area (Å²) < 4.78 is 38.8. The summed E-state index contributed by atoms with van der Waals surface area (Å²) >= 11 is 9.32. The van der Waals surface area contributed by atoms with Crippen molar-refractivity contribution in [2.45, 2.75) is 4.90 Å². The van der Waals surface area contributed by atoms with Gasteiger partial charge in [0.25, 0.3) is 5.91 Å². The summed E-state index contributed by atoms with van der Waals surface area (Å²) in [4.78, 5) is 12.1. The zero-order valence-electron chi connectivity index (χ0n) is 14.7. The average molecular weight is 490 g/mol. The zero-order valence-corrected chi connectivity index (χ0v) is 17.9. The number of hydrogen-bond acceptors (Lipinski definition) is 5. The van der Waals surface area contributed by atoms with E-state index in [4.69, 9.17) is 21.1 Å². The smallest absolute Gasteiger partial charge is 0.262 e. The zero-order chi connectivity index (χ0) is 20.1. The third-order valence-electron chi connectivity index (χ3n) is 3.98. The molecule has 2 aromatic carbocycles. The van der Waals surface area contributed by atoms with Crippen LogP contribution in [0, 0.1) is 0 Å². The van der Waals surface area contributed by atoms with Gasteiger partial charge in [0, 0.05) is 28.3 Å². The Hall–Kier alpha value is -1.65. The van der Waals surface area contributed by atoms with Crippen molar-refractivity contribution in [2.24, 2.45) is 0 Å². The van der Waals surface area contributed by atoms with E-state index in [1.54, 1.807) is 24.3 Å². The molecular weight excluding hydrogens is 472 g/mol. The standard InChI is InChI=1S/C18H18BrClN2O5S/c19-13-1-4-15(5-2-13)21-18(23)12-27-16-6-3-14(20)11-17(16)28(24,25)22-7-9-26-10-8-22/h1-6,11H,7-10,12H2,(H,21,23). The van der Waals surface area contributed by atoms with Crippen LogP contribution in [0.1, 0.15) is 0 Å². The van der Waals surface area contributed by atoms with Crippen molar-refractivity contribution in [1.29, 1.82) is 0 Å². The summed E-state index contributed by atoms with van der Waals surface area (Å²) in [6.45, 7) is 0.803. The number of morpholine rings is 1. The van der Waals surface area contributed by atoms with Crippen molar-refractivity contribution in [3.05, 3.63) is 52.0 Å². The fourth-order valence-corrected chi connectivity index (χ4v) is 4.67. The fourth-order valence-electron chi connectivity index (χ4n) is 2.60. The van der Waals surface area contributed by atoms with Crippen LogP contribution in [0.25, 0.3) is 0 Å². The van der Waals surface area contributed by atoms with Gasteiger partial charge in [0.15, 0.2) is 6.61 Å². The van der Waals surface area contributed by atoms with Crippen LogP contribution in [-0.4, -0.2) is 51.5 Å². The molecular formula is C18H18BrClN2O5S. The lowest BCUT2D eigenvalue weighted by molar-refractivity contribution is -0.118. The minimum atomic E-state index is -3.82. The molecule has 0 atom stereocenters. The molecule has 0 aromatic heterocycles. The van der Waals surface area contributed by atoms with Crippen molar-refractivity contribution >= 4 is 49.1 Å². The molecule has 1 heterocycles. The number of nitrogens with zero attached hydrogens (tertiary/aromatic N) is 1. The number of benzene rings is 2. The first-order chi connectivity index (χ1) is 13.4. The van der Waals surface area contributed by atoms with Gasteiger partial charge in [-0.1, -0.05) is 27.5 Å². The maximum Gasteiger partial charge on any atom is 0.262 e. The van der Waals surface area contributed by atoms with E-state index in [0.717, 1.165) is 4.47 Å². The van der Waals surface area contributed by atoms with Crippen LogP contribution in [0.15, 0.2) is 51.8 Å². The average Bonchev–Trinajstić information content (AvgIpc) is 2.69. The quantitative estimate of drug-likeness (QED) is 0.674. The Balaban J connectivity index is 1.73. The number of ether oxygens (including phenoxy) is 2. The predicted octanol–water partition coefficient (Wildman–Crippen LogP) is 3.14. The molecule has 1 N–H and O–H groups in total. The van der Waals surface area contributed by atoms with Gasteiger partial charge < -0.3 is 14.8 Å². The van der Waals surface area contributed by atoms with E-state index < -0.39 is 15.9 Å². The molecule has 0 unspecified atom stereocenters. The second kappa shape index (κ2) is 9.23. The van der Waals surface area contributed by atoms with Crippen LogP contribution in [-0.2, 0) is 19.6 Å². The van der Waals surface area contributed by atoms with E-state index in [-0.39, 0.29) is 35.4 Å². The van der Waals surface area contributed by atoms with E-state index >= 15 is 0 Å². The number of halogens is 2. The number of hydrogen-bond donors (Lipinski definition) is 1. The number of amides is 1. The van der Waals surface area contributed by atoms with Crippen molar-refractivity contribution in [1.82, 2.24) is 4.31 Å². The van der Waals surface area contributed by atoms with Gasteiger partial charge in [-0.15, -0.1) is 0 Å². The SMILES string of the molecule is O=C(COc1ccc(Cl)cc1S(=O)(=O)N1CCOCC1)Nc1ccc(Br)cc1. The Bertz CT molecular complexity index is 947. The Morgan fingerprint density at radius 2 is 1.86 bits per heavy atom.